The summed E-state index contributed by atoms with van der Waals surface area (Å²) in [5.74, 6) is -0.357. The predicted octanol–water partition coefficient (Wildman–Crippen LogP) is 3.61. The van der Waals surface area contributed by atoms with Crippen LogP contribution in [-0.4, -0.2) is 22.6 Å². The molecule has 3 rings (SSSR count). The van der Waals surface area contributed by atoms with Crippen molar-refractivity contribution in [2.24, 2.45) is 0 Å². The van der Waals surface area contributed by atoms with Gasteiger partial charge >= 0.3 is 0 Å². The number of nitrogens with zero attached hydrogens (tertiary/aromatic N) is 1. The van der Waals surface area contributed by atoms with Crippen molar-refractivity contribution in [2.45, 2.75) is 17.7 Å². The number of amides is 1. The number of halogens is 1. The number of fused-ring (bicyclic) bond motifs is 1. The summed E-state index contributed by atoms with van der Waals surface area (Å²) >= 11 is 3.47. The number of alkyl halides is 1. The van der Waals surface area contributed by atoms with E-state index in [1.165, 1.54) is 0 Å². The van der Waals surface area contributed by atoms with Crippen LogP contribution >= 0.6 is 15.9 Å². The van der Waals surface area contributed by atoms with E-state index in [4.69, 9.17) is 0 Å². The highest BCUT2D eigenvalue weighted by atomic mass is 79.9. The second-order valence-corrected chi connectivity index (χ2v) is 6.71. The maximum absolute atomic E-state index is 12.9. The summed E-state index contributed by atoms with van der Waals surface area (Å²) in [5, 5.41) is 0. The number of ketones is 1. The zero-order valence-corrected chi connectivity index (χ0v) is 13.8. The molecule has 0 aliphatic carbocycles. The van der Waals surface area contributed by atoms with Crippen LogP contribution < -0.4 is 4.90 Å². The van der Waals surface area contributed by atoms with Crippen LogP contribution in [0.15, 0.2) is 54.6 Å². The molecule has 2 aromatic rings. The van der Waals surface area contributed by atoms with Crippen LogP contribution in [0.25, 0.3) is 0 Å². The van der Waals surface area contributed by atoms with Crippen LogP contribution in [0.4, 0.5) is 5.69 Å². The summed E-state index contributed by atoms with van der Waals surface area (Å²) in [6.45, 7) is 2.45. The topological polar surface area (TPSA) is 37.4 Å². The molecular formula is C18H16BrNO2. The molecule has 0 fully saturated rings. The normalized spacial score (nSPS) is 20.9. The Labute approximate surface area is 138 Å². The van der Waals surface area contributed by atoms with Gasteiger partial charge in [-0.3, -0.25) is 9.59 Å². The SMILES string of the molecule is CCN1C(=O)C(Br)(Cc2ccccc2)C(=O)c2ccccc21. The van der Waals surface area contributed by atoms with Gasteiger partial charge in [-0.1, -0.05) is 58.4 Å². The number of carbonyl (C=O) groups excluding carboxylic acids is 2. The zero-order chi connectivity index (χ0) is 15.7. The molecule has 1 aliphatic heterocycles. The fraction of sp³-hybridized carbons (Fsp3) is 0.222. The molecule has 1 aliphatic rings. The third-order valence-electron chi connectivity index (χ3n) is 3.99. The quantitative estimate of drug-likeness (QED) is 0.621. The third kappa shape index (κ3) is 2.28. The summed E-state index contributed by atoms with van der Waals surface area (Å²) in [4.78, 5) is 27.5. The van der Waals surface area contributed by atoms with Crippen molar-refractivity contribution in [3.8, 4) is 0 Å². The highest BCUT2D eigenvalue weighted by molar-refractivity contribution is 9.10. The van der Waals surface area contributed by atoms with E-state index >= 15 is 0 Å². The third-order valence-corrected chi connectivity index (χ3v) is 4.97. The first-order valence-electron chi connectivity index (χ1n) is 7.26. The Bertz CT molecular complexity index is 729. The number of benzene rings is 2. The van der Waals surface area contributed by atoms with Gasteiger partial charge in [0.05, 0.1) is 5.69 Å². The molecule has 0 radical (unpaired) electrons. The summed E-state index contributed by atoms with van der Waals surface area (Å²) in [7, 11) is 0. The first kappa shape index (κ1) is 15.0. The second kappa shape index (κ2) is 5.69. The van der Waals surface area contributed by atoms with Gasteiger partial charge in [-0.2, -0.15) is 0 Å². The molecule has 4 heteroatoms. The summed E-state index contributed by atoms with van der Waals surface area (Å²) in [6, 6.07) is 16.9. The van der Waals surface area contributed by atoms with E-state index in [0.29, 0.717) is 24.2 Å². The predicted molar refractivity (Wildman–Crippen MR) is 90.6 cm³/mol. The lowest BCUT2D eigenvalue weighted by atomic mass is 9.85. The molecule has 0 aromatic heterocycles. The van der Waals surface area contributed by atoms with E-state index in [1.54, 1.807) is 11.0 Å². The molecule has 1 atom stereocenters. The standard InChI is InChI=1S/C18H16BrNO2/c1-2-20-15-11-7-6-10-14(15)16(21)18(19,17(20)22)12-13-8-4-3-5-9-13/h3-11H,2,12H2,1H3. The van der Waals surface area contributed by atoms with Crippen molar-refractivity contribution in [1.29, 1.82) is 0 Å². The van der Waals surface area contributed by atoms with Crippen molar-refractivity contribution in [3.63, 3.8) is 0 Å². The Kier molecular flexibility index (Phi) is 3.87. The average molecular weight is 358 g/mol. The molecule has 1 amide bonds. The fourth-order valence-electron chi connectivity index (χ4n) is 2.88. The number of para-hydroxylation sites is 1. The molecule has 3 nitrogen and oxygen atoms in total. The molecule has 1 heterocycles. The van der Waals surface area contributed by atoms with Gasteiger partial charge in [-0.05, 0) is 24.6 Å². The van der Waals surface area contributed by atoms with Crippen LogP contribution in [-0.2, 0) is 11.2 Å². The Balaban J connectivity index is 2.09. The van der Waals surface area contributed by atoms with E-state index in [1.807, 2.05) is 55.5 Å². The zero-order valence-electron chi connectivity index (χ0n) is 12.3. The monoisotopic (exact) mass is 357 g/mol. The van der Waals surface area contributed by atoms with Gasteiger partial charge in [0.2, 0.25) is 0 Å². The lowest BCUT2D eigenvalue weighted by Gasteiger charge is -2.37. The lowest BCUT2D eigenvalue weighted by molar-refractivity contribution is -0.119. The number of hydrogen-bond acceptors (Lipinski definition) is 2. The Morgan fingerprint density at radius 3 is 2.32 bits per heavy atom. The van der Waals surface area contributed by atoms with E-state index < -0.39 is 4.32 Å². The van der Waals surface area contributed by atoms with Crippen LogP contribution in [0.2, 0.25) is 0 Å². The van der Waals surface area contributed by atoms with Gasteiger partial charge in [0, 0.05) is 18.5 Å². The molecule has 2 aromatic carbocycles. The average Bonchev–Trinajstić information content (AvgIpc) is 2.55. The lowest BCUT2D eigenvalue weighted by Crippen LogP contribution is -2.55. The van der Waals surface area contributed by atoms with Crippen molar-refractivity contribution in [3.05, 3.63) is 65.7 Å². The number of carbonyl (C=O) groups is 2. The van der Waals surface area contributed by atoms with Gasteiger partial charge in [0.1, 0.15) is 0 Å². The summed E-state index contributed by atoms with van der Waals surface area (Å²) in [6.07, 6.45) is 0.344. The minimum atomic E-state index is -1.22. The fourth-order valence-corrected chi connectivity index (χ4v) is 3.63. The van der Waals surface area contributed by atoms with E-state index in [9.17, 15) is 9.59 Å². The Morgan fingerprint density at radius 1 is 1.00 bits per heavy atom. The Morgan fingerprint density at radius 2 is 1.64 bits per heavy atom. The first-order chi connectivity index (χ1) is 10.6. The second-order valence-electron chi connectivity index (χ2n) is 5.36. The van der Waals surface area contributed by atoms with Crippen molar-refractivity contribution in [1.82, 2.24) is 0 Å². The molecule has 0 bridgehead atoms. The van der Waals surface area contributed by atoms with Gasteiger partial charge in [0.15, 0.2) is 10.1 Å². The van der Waals surface area contributed by atoms with Crippen molar-refractivity contribution in [2.75, 3.05) is 11.4 Å². The molecular weight excluding hydrogens is 342 g/mol. The van der Waals surface area contributed by atoms with E-state index in [0.717, 1.165) is 5.56 Å². The molecule has 0 spiro atoms. The smallest absolute Gasteiger partial charge is 0.252 e. The van der Waals surface area contributed by atoms with Gasteiger partial charge < -0.3 is 4.90 Å². The minimum absolute atomic E-state index is 0.165. The highest BCUT2D eigenvalue weighted by Gasteiger charge is 2.50. The van der Waals surface area contributed by atoms with Crippen molar-refractivity contribution < 1.29 is 9.59 Å². The maximum Gasteiger partial charge on any atom is 0.252 e. The summed E-state index contributed by atoms with van der Waals surface area (Å²) < 4.78 is -1.22. The highest BCUT2D eigenvalue weighted by Crippen LogP contribution is 2.39. The van der Waals surface area contributed by atoms with Crippen LogP contribution in [0, 0.1) is 0 Å². The molecule has 112 valence electrons. The van der Waals surface area contributed by atoms with Crippen molar-refractivity contribution >= 4 is 33.3 Å². The minimum Gasteiger partial charge on any atom is -0.310 e. The molecule has 22 heavy (non-hydrogen) atoms. The van der Waals surface area contributed by atoms with Gasteiger partial charge in [0.25, 0.3) is 5.91 Å². The van der Waals surface area contributed by atoms with Gasteiger partial charge in [-0.15, -0.1) is 0 Å². The van der Waals surface area contributed by atoms with E-state index in [2.05, 4.69) is 15.9 Å². The van der Waals surface area contributed by atoms with Gasteiger partial charge in [-0.25, -0.2) is 0 Å². The number of hydrogen-bond donors (Lipinski definition) is 0. The Hall–Kier alpha value is -1.94. The molecule has 0 N–H and O–H groups in total. The van der Waals surface area contributed by atoms with Crippen LogP contribution in [0.3, 0.4) is 0 Å². The van der Waals surface area contributed by atoms with Crippen LogP contribution in [0.5, 0.6) is 0 Å². The summed E-state index contributed by atoms with van der Waals surface area (Å²) in [5.41, 5.74) is 2.25. The largest absolute Gasteiger partial charge is 0.310 e. The molecule has 0 saturated carbocycles. The maximum atomic E-state index is 12.9. The molecule has 0 saturated heterocycles. The number of anilines is 1. The van der Waals surface area contributed by atoms with Crippen LogP contribution in [0.1, 0.15) is 22.8 Å². The number of rotatable bonds is 3. The van der Waals surface area contributed by atoms with E-state index in [-0.39, 0.29) is 11.7 Å². The first-order valence-corrected chi connectivity index (χ1v) is 8.06. The number of Topliss-reactive ketones (excluding diaryl/α,β-unsaturated/α-hetero) is 1. The molecule has 1 unspecified atom stereocenters.